The van der Waals surface area contributed by atoms with Crippen molar-refractivity contribution in [2.24, 2.45) is 5.92 Å². The lowest BCUT2D eigenvalue weighted by molar-refractivity contribution is -0.119. The number of anilines is 1. The Labute approximate surface area is 217 Å². The summed E-state index contributed by atoms with van der Waals surface area (Å²) in [5, 5.41) is 17.1. The van der Waals surface area contributed by atoms with Gasteiger partial charge >= 0.3 is 0 Å². The average molecular weight is 505 g/mol. The smallest absolute Gasteiger partial charge is 0.227 e. The van der Waals surface area contributed by atoms with Gasteiger partial charge in [-0.3, -0.25) is 19.9 Å². The first-order valence-corrected chi connectivity index (χ1v) is 13.4. The summed E-state index contributed by atoms with van der Waals surface area (Å²) in [4.78, 5) is 25.2. The molecule has 0 saturated heterocycles. The number of thiophene rings is 1. The Balaban J connectivity index is 1.25. The van der Waals surface area contributed by atoms with Crippen molar-refractivity contribution in [2.75, 3.05) is 5.32 Å². The molecule has 0 bridgehead atoms. The van der Waals surface area contributed by atoms with Crippen molar-refractivity contribution in [3.8, 4) is 33.8 Å². The van der Waals surface area contributed by atoms with Gasteiger partial charge < -0.3 is 10.3 Å². The minimum Gasteiger partial charge on any atom is -0.353 e. The number of hydrogen-bond donors (Lipinski definition) is 3. The fourth-order valence-corrected chi connectivity index (χ4v) is 5.95. The number of fused-ring (bicyclic) bond motifs is 2. The second-order valence-electron chi connectivity index (χ2n) is 9.58. The number of rotatable bonds is 5. The number of hydrogen-bond acceptors (Lipinski definition) is 5. The summed E-state index contributed by atoms with van der Waals surface area (Å²) in [6.07, 6.45) is 9.57. The summed E-state index contributed by atoms with van der Waals surface area (Å²) < 4.78 is 0. The molecule has 7 nitrogen and oxygen atoms in total. The molecule has 182 valence electrons. The third-order valence-corrected chi connectivity index (χ3v) is 7.91. The molecule has 1 saturated carbocycles. The lowest BCUT2D eigenvalue weighted by Gasteiger charge is -2.11. The van der Waals surface area contributed by atoms with Crippen LogP contribution in [0.15, 0.2) is 71.8 Å². The van der Waals surface area contributed by atoms with Crippen LogP contribution in [0.2, 0.25) is 0 Å². The van der Waals surface area contributed by atoms with Gasteiger partial charge in [0.2, 0.25) is 5.91 Å². The van der Waals surface area contributed by atoms with Crippen LogP contribution in [0.3, 0.4) is 0 Å². The van der Waals surface area contributed by atoms with E-state index < -0.39 is 0 Å². The number of benzene rings is 1. The topological polar surface area (TPSA) is 99.3 Å². The average Bonchev–Trinajstić information content (AvgIpc) is 3.74. The first-order chi connectivity index (χ1) is 18.2. The van der Waals surface area contributed by atoms with E-state index in [0.29, 0.717) is 0 Å². The van der Waals surface area contributed by atoms with Crippen molar-refractivity contribution >= 4 is 44.7 Å². The van der Waals surface area contributed by atoms with Gasteiger partial charge in [0.25, 0.3) is 0 Å². The van der Waals surface area contributed by atoms with E-state index in [0.717, 1.165) is 86.9 Å². The molecule has 1 aliphatic rings. The van der Waals surface area contributed by atoms with Gasteiger partial charge in [0.1, 0.15) is 5.69 Å². The van der Waals surface area contributed by atoms with Crippen LogP contribution in [0.4, 0.5) is 5.69 Å². The number of H-pyrrole nitrogens is 2. The van der Waals surface area contributed by atoms with Gasteiger partial charge in [-0.25, -0.2) is 0 Å². The molecule has 3 N–H and O–H groups in total. The van der Waals surface area contributed by atoms with E-state index in [2.05, 4.69) is 59.4 Å². The number of nitrogens with one attached hydrogen (secondary N) is 3. The Bertz CT molecular complexity index is 1740. The van der Waals surface area contributed by atoms with Gasteiger partial charge in [-0.1, -0.05) is 18.9 Å². The summed E-state index contributed by atoms with van der Waals surface area (Å²) in [7, 11) is 0. The molecule has 37 heavy (non-hydrogen) atoms. The monoisotopic (exact) mass is 504 g/mol. The van der Waals surface area contributed by atoms with E-state index in [-0.39, 0.29) is 11.8 Å². The predicted molar refractivity (Wildman–Crippen MR) is 148 cm³/mol. The van der Waals surface area contributed by atoms with Gasteiger partial charge in [0.05, 0.1) is 28.8 Å². The standard InChI is InChI=1S/C29H24N6OS/c36-29(17-3-1-2-4-17)32-21-11-20(14-30-15-21)18-5-6-25-22(12-18)28(35-34-25)26-13-23-24(33-26)7-9-31-27(23)19-8-10-37-16-19/h5-17,33H,1-4H2,(H,32,36)(H,34,35). The molecule has 0 aliphatic heterocycles. The molecule has 0 atom stereocenters. The Morgan fingerprint density at radius 3 is 2.68 bits per heavy atom. The van der Waals surface area contributed by atoms with E-state index in [1.54, 1.807) is 17.5 Å². The summed E-state index contributed by atoms with van der Waals surface area (Å²) in [6.45, 7) is 0. The van der Waals surface area contributed by atoms with Crippen molar-refractivity contribution in [2.45, 2.75) is 25.7 Å². The highest BCUT2D eigenvalue weighted by Gasteiger charge is 2.23. The second-order valence-corrected chi connectivity index (χ2v) is 10.4. The summed E-state index contributed by atoms with van der Waals surface area (Å²) in [5.41, 5.74) is 8.51. The molecule has 5 aromatic heterocycles. The zero-order chi connectivity index (χ0) is 24.8. The molecular formula is C29H24N6OS. The van der Waals surface area contributed by atoms with Crippen LogP contribution in [-0.4, -0.2) is 31.1 Å². The molecule has 1 amide bonds. The Kier molecular flexibility index (Phi) is 5.32. The SMILES string of the molecule is O=C(Nc1cncc(-c2ccc3[nH]nc(-c4cc5c(-c6ccsc6)nccc5[nH]4)c3c2)c1)C1CCCC1. The fraction of sp³-hybridized carbons (Fsp3) is 0.172. The lowest BCUT2D eigenvalue weighted by atomic mass is 10.0. The molecule has 0 spiro atoms. The van der Waals surface area contributed by atoms with Crippen LogP contribution in [-0.2, 0) is 4.79 Å². The summed E-state index contributed by atoms with van der Waals surface area (Å²) in [6, 6.07) is 14.4. The fourth-order valence-electron chi connectivity index (χ4n) is 5.31. The number of nitrogens with zero attached hydrogens (tertiary/aromatic N) is 3. The number of carbonyl (C=O) groups is 1. The van der Waals surface area contributed by atoms with Gasteiger partial charge in [0, 0.05) is 51.1 Å². The molecular weight excluding hydrogens is 480 g/mol. The largest absolute Gasteiger partial charge is 0.353 e. The minimum atomic E-state index is 0.0964. The maximum atomic E-state index is 12.6. The number of amides is 1. The second kappa shape index (κ2) is 8.97. The van der Waals surface area contributed by atoms with E-state index in [4.69, 9.17) is 0 Å². The number of pyridine rings is 2. The van der Waals surface area contributed by atoms with Gasteiger partial charge in [-0.2, -0.15) is 16.4 Å². The third kappa shape index (κ3) is 3.99. The number of aromatic amines is 2. The van der Waals surface area contributed by atoms with Crippen LogP contribution >= 0.6 is 11.3 Å². The zero-order valence-electron chi connectivity index (χ0n) is 20.0. The van der Waals surface area contributed by atoms with E-state index in [1.165, 1.54) is 0 Å². The predicted octanol–water partition coefficient (Wildman–Crippen LogP) is 7.03. The third-order valence-electron chi connectivity index (χ3n) is 7.23. The molecule has 7 rings (SSSR count). The molecule has 0 unspecified atom stereocenters. The van der Waals surface area contributed by atoms with E-state index in [1.807, 2.05) is 36.7 Å². The maximum absolute atomic E-state index is 12.6. The van der Waals surface area contributed by atoms with Crippen molar-refractivity contribution in [3.05, 3.63) is 71.8 Å². The first-order valence-electron chi connectivity index (χ1n) is 12.5. The lowest BCUT2D eigenvalue weighted by Crippen LogP contribution is -2.20. The van der Waals surface area contributed by atoms with Gasteiger partial charge in [0.15, 0.2) is 0 Å². The molecule has 0 radical (unpaired) electrons. The zero-order valence-corrected chi connectivity index (χ0v) is 20.8. The number of carbonyl (C=O) groups excluding carboxylic acids is 1. The van der Waals surface area contributed by atoms with Crippen molar-refractivity contribution < 1.29 is 4.79 Å². The van der Waals surface area contributed by atoms with Crippen molar-refractivity contribution in [3.63, 3.8) is 0 Å². The molecule has 1 aromatic carbocycles. The highest BCUT2D eigenvalue weighted by atomic mass is 32.1. The highest BCUT2D eigenvalue weighted by molar-refractivity contribution is 7.08. The molecule has 6 aromatic rings. The van der Waals surface area contributed by atoms with E-state index in [9.17, 15) is 4.79 Å². The van der Waals surface area contributed by atoms with Crippen molar-refractivity contribution in [1.29, 1.82) is 0 Å². The molecule has 8 heteroatoms. The minimum absolute atomic E-state index is 0.0964. The Hall–Kier alpha value is -4.30. The van der Waals surface area contributed by atoms with Crippen LogP contribution < -0.4 is 5.32 Å². The Morgan fingerprint density at radius 2 is 1.81 bits per heavy atom. The highest BCUT2D eigenvalue weighted by Crippen LogP contribution is 2.35. The van der Waals surface area contributed by atoms with E-state index >= 15 is 0 Å². The summed E-state index contributed by atoms with van der Waals surface area (Å²) in [5.74, 6) is 0.208. The first kappa shape index (κ1) is 21.9. The number of aromatic nitrogens is 5. The van der Waals surface area contributed by atoms with Crippen LogP contribution in [0.25, 0.3) is 55.6 Å². The summed E-state index contributed by atoms with van der Waals surface area (Å²) >= 11 is 1.66. The molecule has 5 heterocycles. The van der Waals surface area contributed by atoms with Crippen LogP contribution in [0.5, 0.6) is 0 Å². The molecule has 1 aliphatic carbocycles. The van der Waals surface area contributed by atoms with Crippen LogP contribution in [0.1, 0.15) is 25.7 Å². The van der Waals surface area contributed by atoms with Crippen molar-refractivity contribution in [1.82, 2.24) is 25.1 Å². The van der Waals surface area contributed by atoms with Gasteiger partial charge in [-0.15, -0.1) is 0 Å². The van der Waals surface area contributed by atoms with Gasteiger partial charge in [-0.05, 0) is 60.2 Å². The molecule has 1 fully saturated rings. The van der Waals surface area contributed by atoms with Crippen LogP contribution in [0, 0.1) is 5.92 Å². The Morgan fingerprint density at radius 1 is 0.919 bits per heavy atom. The normalized spacial score (nSPS) is 14.1. The quantitative estimate of drug-likeness (QED) is 0.235. The maximum Gasteiger partial charge on any atom is 0.227 e.